The first-order chi connectivity index (χ1) is 7.13. The molecule has 0 aliphatic heterocycles. The van der Waals surface area contributed by atoms with Crippen molar-refractivity contribution < 1.29 is 9.59 Å². The van der Waals surface area contributed by atoms with Gasteiger partial charge in [0.25, 0.3) is 0 Å². The highest BCUT2D eigenvalue weighted by atomic mass is 16.2. The van der Waals surface area contributed by atoms with Crippen LogP contribution < -0.4 is 10.6 Å². The molecule has 0 aliphatic rings. The fourth-order valence-electron chi connectivity index (χ4n) is 1.13. The molecule has 2 amide bonds. The van der Waals surface area contributed by atoms with Gasteiger partial charge >= 0.3 is 0 Å². The fraction of sp³-hybridized carbons (Fsp3) is 0.455. The second-order valence-corrected chi connectivity index (χ2v) is 3.15. The summed E-state index contributed by atoms with van der Waals surface area (Å²) >= 11 is 0. The van der Waals surface area contributed by atoms with E-state index in [4.69, 9.17) is 0 Å². The van der Waals surface area contributed by atoms with Crippen molar-refractivity contribution in [3.05, 3.63) is 25.3 Å². The molecule has 0 spiro atoms. The molecule has 0 aliphatic carbocycles. The van der Waals surface area contributed by atoms with Crippen LogP contribution in [0.3, 0.4) is 0 Å². The molecular formula is C11H18N2O2. The largest absolute Gasteiger partial charge is 0.351 e. The minimum Gasteiger partial charge on any atom is -0.351 e. The third-order valence-corrected chi connectivity index (χ3v) is 1.88. The zero-order valence-corrected chi connectivity index (χ0v) is 9.08. The first-order valence-electron chi connectivity index (χ1n) is 4.97. The van der Waals surface area contributed by atoms with Gasteiger partial charge in [0.15, 0.2) is 0 Å². The van der Waals surface area contributed by atoms with E-state index in [0.29, 0.717) is 6.54 Å². The Balaban J connectivity index is 4.02. The van der Waals surface area contributed by atoms with Crippen LogP contribution >= 0.6 is 0 Å². The first kappa shape index (κ1) is 13.4. The van der Waals surface area contributed by atoms with Gasteiger partial charge in [-0.15, -0.1) is 0 Å². The highest BCUT2D eigenvalue weighted by molar-refractivity contribution is 5.88. The molecule has 0 fully saturated rings. The number of rotatable bonds is 7. The van der Waals surface area contributed by atoms with Crippen LogP contribution in [0.1, 0.15) is 19.8 Å². The normalized spacial score (nSPS) is 11.3. The van der Waals surface area contributed by atoms with Crippen LogP contribution in [0.4, 0.5) is 0 Å². The highest BCUT2D eigenvalue weighted by Gasteiger charge is 2.09. The summed E-state index contributed by atoms with van der Waals surface area (Å²) in [5, 5.41) is 5.38. The molecule has 0 aromatic rings. The lowest BCUT2D eigenvalue weighted by Gasteiger charge is -2.17. The van der Waals surface area contributed by atoms with Gasteiger partial charge in [-0.1, -0.05) is 26.5 Å². The molecule has 1 unspecified atom stereocenters. The molecule has 0 saturated heterocycles. The maximum absolute atomic E-state index is 11.0. The summed E-state index contributed by atoms with van der Waals surface area (Å²) in [6, 6.07) is -0.0515. The van der Waals surface area contributed by atoms with Crippen molar-refractivity contribution in [1.82, 2.24) is 10.6 Å². The predicted molar refractivity (Wildman–Crippen MR) is 60.2 cm³/mol. The Kier molecular flexibility index (Phi) is 6.97. The zero-order chi connectivity index (χ0) is 11.7. The Morgan fingerprint density at radius 3 is 2.33 bits per heavy atom. The van der Waals surface area contributed by atoms with E-state index in [1.54, 1.807) is 0 Å². The zero-order valence-electron chi connectivity index (χ0n) is 9.08. The number of nitrogens with one attached hydrogen (secondary N) is 2. The molecule has 4 nitrogen and oxygen atoms in total. The van der Waals surface area contributed by atoms with Crippen LogP contribution in [-0.2, 0) is 9.59 Å². The number of hydrogen-bond acceptors (Lipinski definition) is 2. The van der Waals surface area contributed by atoms with E-state index in [-0.39, 0.29) is 17.9 Å². The molecule has 1 atom stereocenters. The standard InChI is InChI=1S/C11H18N2O2/c1-4-7-9(13-11(15)6-3)8-12-10(14)5-2/h5-6,9H,2-4,7-8H2,1H3,(H,12,14)(H,13,15). The maximum atomic E-state index is 11.0. The van der Waals surface area contributed by atoms with Crippen molar-refractivity contribution in [2.24, 2.45) is 0 Å². The van der Waals surface area contributed by atoms with Crippen molar-refractivity contribution in [2.75, 3.05) is 6.54 Å². The van der Waals surface area contributed by atoms with Crippen LogP contribution in [-0.4, -0.2) is 24.4 Å². The number of hydrogen-bond donors (Lipinski definition) is 2. The fourth-order valence-corrected chi connectivity index (χ4v) is 1.13. The van der Waals surface area contributed by atoms with E-state index < -0.39 is 0 Å². The molecule has 0 heterocycles. The van der Waals surface area contributed by atoms with Gasteiger partial charge in [0.1, 0.15) is 0 Å². The SMILES string of the molecule is C=CC(=O)NCC(CCC)NC(=O)C=C. The second kappa shape index (κ2) is 7.79. The van der Waals surface area contributed by atoms with Crippen molar-refractivity contribution in [3.8, 4) is 0 Å². The molecular weight excluding hydrogens is 192 g/mol. The highest BCUT2D eigenvalue weighted by Crippen LogP contribution is 1.95. The average molecular weight is 210 g/mol. The van der Waals surface area contributed by atoms with Crippen LogP contribution in [0.15, 0.2) is 25.3 Å². The number of carbonyl (C=O) groups excluding carboxylic acids is 2. The smallest absolute Gasteiger partial charge is 0.243 e. The topological polar surface area (TPSA) is 58.2 Å². The molecule has 84 valence electrons. The third-order valence-electron chi connectivity index (χ3n) is 1.88. The first-order valence-corrected chi connectivity index (χ1v) is 4.97. The van der Waals surface area contributed by atoms with Crippen molar-refractivity contribution in [2.45, 2.75) is 25.8 Å². The molecule has 0 radical (unpaired) electrons. The quantitative estimate of drug-likeness (QED) is 0.609. The molecule has 2 N–H and O–H groups in total. The molecule has 0 bridgehead atoms. The molecule has 4 heteroatoms. The van der Waals surface area contributed by atoms with E-state index in [9.17, 15) is 9.59 Å². The summed E-state index contributed by atoms with van der Waals surface area (Å²) < 4.78 is 0. The predicted octanol–water partition coefficient (Wildman–Crippen LogP) is 0.759. The Bertz CT molecular complexity index is 249. The van der Waals surface area contributed by atoms with Crippen molar-refractivity contribution in [3.63, 3.8) is 0 Å². The van der Waals surface area contributed by atoms with Gasteiger partial charge in [-0.05, 0) is 18.6 Å². The van der Waals surface area contributed by atoms with Crippen LogP contribution in [0, 0.1) is 0 Å². The molecule has 0 rings (SSSR count). The Labute approximate surface area is 90.4 Å². The van der Waals surface area contributed by atoms with Gasteiger partial charge in [0, 0.05) is 12.6 Å². The Morgan fingerprint density at radius 1 is 1.27 bits per heavy atom. The van der Waals surface area contributed by atoms with E-state index in [2.05, 4.69) is 23.8 Å². The summed E-state index contributed by atoms with van der Waals surface area (Å²) in [5.74, 6) is -0.453. The number of amides is 2. The molecule has 0 aromatic carbocycles. The molecule has 0 saturated carbocycles. The molecule has 0 aromatic heterocycles. The van der Waals surface area contributed by atoms with Gasteiger partial charge in [-0.25, -0.2) is 0 Å². The van der Waals surface area contributed by atoms with E-state index in [1.165, 1.54) is 12.2 Å². The van der Waals surface area contributed by atoms with Gasteiger partial charge in [-0.2, -0.15) is 0 Å². The average Bonchev–Trinajstić information content (AvgIpc) is 2.25. The van der Waals surface area contributed by atoms with Gasteiger partial charge in [-0.3, -0.25) is 9.59 Å². The van der Waals surface area contributed by atoms with Gasteiger partial charge in [0.2, 0.25) is 11.8 Å². The van der Waals surface area contributed by atoms with E-state index >= 15 is 0 Å². The lowest BCUT2D eigenvalue weighted by molar-refractivity contribution is -0.119. The van der Waals surface area contributed by atoms with Crippen LogP contribution in [0.25, 0.3) is 0 Å². The van der Waals surface area contributed by atoms with Crippen LogP contribution in [0.5, 0.6) is 0 Å². The van der Waals surface area contributed by atoms with Gasteiger partial charge < -0.3 is 10.6 Å². The Morgan fingerprint density at radius 2 is 1.87 bits per heavy atom. The summed E-state index contributed by atoms with van der Waals surface area (Å²) in [7, 11) is 0. The summed E-state index contributed by atoms with van der Waals surface area (Å²) in [4.78, 5) is 22.0. The third kappa shape index (κ3) is 6.49. The maximum Gasteiger partial charge on any atom is 0.243 e. The van der Waals surface area contributed by atoms with E-state index in [1.807, 2.05) is 6.92 Å². The Hall–Kier alpha value is -1.58. The van der Waals surface area contributed by atoms with Crippen LogP contribution in [0.2, 0.25) is 0 Å². The molecule has 15 heavy (non-hydrogen) atoms. The van der Waals surface area contributed by atoms with Gasteiger partial charge in [0.05, 0.1) is 0 Å². The summed E-state index contributed by atoms with van der Waals surface area (Å²) in [6.07, 6.45) is 4.18. The van der Waals surface area contributed by atoms with E-state index in [0.717, 1.165) is 12.8 Å². The lowest BCUT2D eigenvalue weighted by Crippen LogP contribution is -2.42. The lowest BCUT2D eigenvalue weighted by atomic mass is 10.1. The summed E-state index contributed by atoms with van der Waals surface area (Å²) in [6.45, 7) is 9.15. The summed E-state index contributed by atoms with van der Waals surface area (Å²) in [5.41, 5.74) is 0. The minimum atomic E-state index is -0.232. The monoisotopic (exact) mass is 210 g/mol. The van der Waals surface area contributed by atoms with Crippen molar-refractivity contribution in [1.29, 1.82) is 0 Å². The number of carbonyl (C=O) groups is 2. The second-order valence-electron chi connectivity index (χ2n) is 3.15. The van der Waals surface area contributed by atoms with Crippen molar-refractivity contribution >= 4 is 11.8 Å². The minimum absolute atomic E-state index is 0.0515.